The number of aliphatic hydroxyl groups excluding tert-OH is 5. The van der Waals surface area contributed by atoms with Gasteiger partial charge >= 0.3 is 0 Å². The van der Waals surface area contributed by atoms with Crippen LogP contribution in [0.5, 0.6) is 0 Å². The lowest BCUT2D eigenvalue weighted by atomic mass is 10.0. The van der Waals surface area contributed by atoms with Crippen molar-refractivity contribution in [2.75, 3.05) is 0 Å². The second kappa shape index (κ2) is 5.68. The zero-order chi connectivity index (χ0) is 14.0. The molecule has 5 atom stereocenters. The second-order valence-corrected chi connectivity index (χ2v) is 4.40. The van der Waals surface area contributed by atoms with Gasteiger partial charge in [0.15, 0.2) is 6.29 Å². The summed E-state index contributed by atoms with van der Waals surface area (Å²) in [5.74, 6) is -0.420. The molecule has 1 heterocycles. The first-order valence-corrected chi connectivity index (χ1v) is 5.84. The highest BCUT2D eigenvalue weighted by Crippen LogP contribution is 2.25. The highest BCUT2D eigenvalue weighted by atomic mass is 16.6. The van der Waals surface area contributed by atoms with Gasteiger partial charge < -0.3 is 30.3 Å². The van der Waals surface area contributed by atoms with Gasteiger partial charge in [-0.15, -0.1) is 0 Å². The molecule has 0 saturated carbocycles. The van der Waals surface area contributed by atoms with Crippen molar-refractivity contribution >= 4 is 6.08 Å². The molecule has 1 aromatic rings. The Morgan fingerprint density at radius 2 is 1.74 bits per heavy atom. The third-order valence-corrected chi connectivity index (χ3v) is 3.00. The van der Waals surface area contributed by atoms with Gasteiger partial charge in [0, 0.05) is 0 Å². The zero-order valence-corrected chi connectivity index (χ0v) is 10.00. The Hall–Kier alpha value is -1.44. The van der Waals surface area contributed by atoms with Crippen molar-refractivity contribution in [2.24, 2.45) is 0 Å². The average molecular weight is 268 g/mol. The van der Waals surface area contributed by atoms with Crippen LogP contribution in [0.2, 0.25) is 0 Å². The molecule has 0 aliphatic carbocycles. The maximum absolute atomic E-state index is 9.86. The number of hydrogen-bond donors (Lipinski definition) is 5. The number of aliphatic hydroxyl groups is 5. The largest absolute Gasteiger partial charge is 0.509 e. The zero-order valence-electron chi connectivity index (χ0n) is 10.00. The van der Waals surface area contributed by atoms with Crippen LogP contribution in [0.25, 0.3) is 6.08 Å². The van der Waals surface area contributed by atoms with Crippen LogP contribution in [-0.2, 0) is 4.74 Å². The fraction of sp³-hybridized carbons (Fsp3) is 0.385. The Kier molecular flexibility index (Phi) is 4.18. The van der Waals surface area contributed by atoms with Gasteiger partial charge in [0.05, 0.1) is 0 Å². The van der Waals surface area contributed by atoms with E-state index < -0.39 is 36.5 Å². The number of benzene rings is 1. The van der Waals surface area contributed by atoms with Gasteiger partial charge in [-0.1, -0.05) is 30.3 Å². The van der Waals surface area contributed by atoms with Crippen LogP contribution in [0.1, 0.15) is 5.56 Å². The molecule has 0 radical (unpaired) electrons. The molecule has 1 aliphatic rings. The summed E-state index contributed by atoms with van der Waals surface area (Å²) in [6.07, 6.45) is -6.08. The Morgan fingerprint density at radius 1 is 1.11 bits per heavy atom. The van der Waals surface area contributed by atoms with Crippen molar-refractivity contribution in [3.63, 3.8) is 0 Å². The van der Waals surface area contributed by atoms with Crippen LogP contribution >= 0.6 is 0 Å². The first kappa shape index (κ1) is 14.0. The number of ether oxygens (including phenoxy) is 1. The van der Waals surface area contributed by atoms with Gasteiger partial charge in [0.2, 0.25) is 0 Å². The predicted octanol–water partition coefficient (Wildman–Crippen LogP) is -0.615. The summed E-state index contributed by atoms with van der Waals surface area (Å²) < 4.78 is 4.81. The lowest BCUT2D eigenvalue weighted by Crippen LogP contribution is -2.39. The van der Waals surface area contributed by atoms with E-state index in [4.69, 9.17) is 4.74 Å². The highest BCUT2D eigenvalue weighted by molar-refractivity contribution is 5.51. The minimum atomic E-state index is -1.58. The summed E-state index contributed by atoms with van der Waals surface area (Å²) in [5, 5.41) is 47.8. The first-order valence-electron chi connectivity index (χ1n) is 5.84. The van der Waals surface area contributed by atoms with E-state index in [1.165, 1.54) is 6.08 Å². The van der Waals surface area contributed by atoms with Gasteiger partial charge in [-0.2, -0.15) is 0 Å². The topological polar surface area (TPSA) is 110 Å². The number of hydrogen-bond acceptors (Lipinski definition) is 6. The molecule has 5 N–H and O–H groups in total. The summed E-state index contributed by atoms with van der Waals surface area (Å²) in [4.78, 5) is 0. The minimum Gasteiger partial charge on any atom is -0.509 e. The van der Waals surface area contributed by atoms with Crippen LogP contribution in [0.3, 0.4) is 0 Å². The van der Waals surface area contributed by atoms with Crippen molar-refractivity contribution in [1.82, 2.24) is 0 Å². The molecule has 104 valence electrons. The predicted molar refractivity (Wildman–Crippen MR) is 65.9 cm³/mol. The summed E-state index contributed by atoms with van der Waals surface area (Å²) in [6.45, 7) is 0. The van der Waals surface area contributed by atoms with E-state index in [0.717, 1.165) is 0 Å². The molecule has 0 bridgehead atoms. The molecule has 2 rings (SSSR count). The molecular weight excluding hydrogens is 252 g/mol. The highest BCUT2D eigenvalue weighted by Gasteiger charge is 2.46. The van der Waals surface area contributed by atoms with E-state index in [1.54, 1.807) is 30.3 Å². The van der Waals surface area contributed by atoms with E-state index in [9.17, 15) is 25.5 Å². The first-order chi connectivity index (χ1) is 9.00. The average Bonchev–Trinajstić information content (AvgIpc) is 2.67. The quantitative estimate of drug-likeness (QED) is 0.468. The minimum absolute atomic E-state index is 0.420. The lowest BCUT2D eigenvalue weighted by Gasteiger charge is -2.20. The van der Waals surface area contributed by atoms with Crippen molar-refractivity contribution in [3.05, 3.63) is 41.7 Å². The third kappa shape index (κ3) is 2.94. The van der Waals surface area contributed by atoms with Crippen LogP contribution in [-0.4, -0.2) is 56.2 Å². The summed E-state index contributed by atoms with van der Waals surface area (Å²) >= 11 is 0. The SMILES string of the molecule is OC(=Cc1ccccc1)[C@@H](O)[C@H]1O[C@H](O)[C@H](O)[C@H]1O. The summed E-state index contributed by atoms with van der Waals surface area (Å²) in [5.41, 5.74) is 0.660. The maximum Gasteiger partial charge on any atom is 0.184 e. The molecule has 0 unspecified atom stereocenters. The van der Waals surface area contributed by atoms with Crippen LogP contribution in [0, 0.1) is 0 Å². The molecule has 1 aliphatic heterocycles. The molecule has 1 aromatic carbocycles. The van der Waals surface area contributed by atoms with E-state index in [1.807, 2.05) is 0 Å². The molecule has 1 fully saturated rings. The third-order valence-electron chi connectivity index (χ3n) is 3.00. The van der Waals surface area contributed by atoms with Gasteiger partial charge in [-0.25, -0.2) is 0 Å². The molecule has 0 spiro atoms. The Labute approximate surface area is 109 Å². The molecule has 1 saturated heterocycles. The van der Waals surface area contributed by atoms with Crippen molar-refractivity contribution in [3.8, 4) is 0 Å². The van der Waals surface area contributed by atoms with E-state index in [0.29, 0.717) is 5.56 Å². The fourth-order valence-electron chi connectivity index (χ4n) is 1.92. The molecular formula is C13H16O6. The van der Waals surface area contributed by atoms with Crippen LogP contribution in [0.4, 0.5) is 0 Å². The second-order valence-electron chi connectivity index (χ2n) is 4.40. The van der Waals surface area contributed by atoms with E-state index in [2.05, 4.69) is 0 Å². The lowest BCUT2D eigenvalue weighted by molar-refractivity contribution is -0.144. The number of rotatable bonds is 3. The Morgan fingerprint density at radius 3 is 2.26 bits per heavy atom. The van der Waals surface area contributed by atoms with Gasteiger partial charge in [0.25, 0.3) is 0 Å². The van der Waals surface area contributed by atoms with E-state index in [-0.39, 0.29) is 0 Å². The normalized spacial score (nSPS) is 33.4. The molecule has 0 aromatic heterocycles. The van der Waals surface area contributed by atoms with Crippen LogP contribution in [0.15, 0.2) is 36.1 Å². The van der Waals surface area contributed by atoms with Crippen molar-refractivity contribution in [1.29, 1.82) is 0 Å². The van der Waals surface area contributed by atoms with Gasteiger partial charge in [0.1, 0.15) is 30.2 Å². The standard InChI is InChI=1S/C13H16O6/c14-8(6-7-4-2-1-3-5-7)9(15)12-10(16)11(17)13(18)19-12/h1-6,9-18H/t9-,10-,11-,12-,13+/m1/s1. The summed E-state index contributed by atoms with van der Waals surface area (Å²) in [7, 11) is 0. The van der Waals surface area contributed by atoms with Gasteiger partial charge in [-0.3, -0.25) is 0 Å². The fourth-order valence-corrected chi connectivity index (χ4v) is 1.92. The molecule has 0 amide bonds. The Balaban J connectivity index is 2.12. The van der Waals surface area contributed by atoms with Crippen molar-refractivity contribution < 1.29 is 30.3 Å². The van der Waals surface area contributed by atoms with Crippen LogP contribution < -0.4 is 0 Å². The summed E-state index contributed by atoms with van der Waals surface area (Å²) in [6, 6.07) is 8.78. The monoisotopic (exact) mass is 268 g/mol. The molecule has 19 heavy (non-hydrogen) atoms. The Bertz CT molecular complexity index is 446. The molecule has 6 nitrogen and oxygen atoms in total. The van der Waals surface area contributed by atoms with Crippen molar-refractivity contribution in [2.45, 2.75) is 30.7 Å². The van der Waals surface area contributed by atoms with E-state index >= 15 is 0 Å². The molecule has 6 heteroatoms. The maximum atomic E-state index is 9.86. The smallest absolute Gasteiger partial charge is 0.184 e. The van der Waals surface area contributed by atoms with Gasteiger partial charge in [-0.05, 0) is 11.6 Å².